The molecule has 116 valence electrons. The van der Waals surface area contributed by atoms with E-state index in [9.17, 15) is 0 Å². The molecule has 3 rings (SSSR count). The zero-order valence-corrected chi connectivity index (χ0v) is 13.8. The second kappa shape index (κ2) is 6.95. The van der Waals surface area contributed by atoms with Gasteiger partial charge in [-0.2, -0.15) is 0 Å². The van der Waals surface area contributed by atoms with Gasteiger partial charge in [0.25, 0.3) is 0 Å². The van der Waals surface area contributed by atoms with Gasteiger partial charge in [-0.05, 0) is 42.0 Å². The minimum absolute atomic E-state index is 0.972. The van der Waals surface area contributed by atoms with Crippen LogP contribution in [0.1, 0.15) is 5.56 Å². The lowest BCUT2D eigenvalue weighted by atomic mass is 9.97. The van der Waals surface area contributed by atoms with E-state index in [0.29, 0.717) is 0 Å². The lowest BCUT2D eigenvalue weighted by molar-refractivity contribution is 1.31. The molecule has 0 bridgehead atoms. The summed E-state index contributed by atoms with van der Waals surface area (Å²) in [6.45, 7) is 9.65. The van der Waals surface area contributed by atoms with Crippen molar-refractivity contribution in [2.45, 2.75) is 6.92 Å². The first-order valence-corrected chi connectivity index (χ1v) is 7.88. The van der Waals surface area contributed by atoms with E-state index >= 15 is 0 Å². The van der Waals surface area contributed by atoms with Gasteiger partial charge in [0.2, 0.25) is 0 Å². The number of aromatic nitrogens is 1. The lowest BCUT2D eigenvalue weighted by Crippen LogP contribution is -2.22. The van der Waals surface area contributed by atoms with Crippen LogP contribution in [-0.4, -0.2) is 4.98 Å². The Balaban J connectivity index is 2.25. The average Bonchev–Trinajstić information content (AvgIpc) is 2.62. The molecule has 0 atom stereocenters. The maximum Gasteiger partial charge on any atom is 0.0780 e. The molecule has 0 aliphatic rings. The van der Waals surface area contributed by atoms with Crippen molar-refractivity contribution in [2.75, 3.05) is 0 Å². The summed E-state index contributed by atoms with van der Waals surface area (Å²) >= 11 is 0. The van der Waals surface area contributed by atoms with E-state index in [2.05, 4.69) is 73.3 Å². The molecule has 0 saturated carbocycles. The van der Waals surface area contributed by atoms with Crippen molar-refractivity contribution in [1.29, 1.82) is 0 Å². The molecule has 0 radical (unpaired) electrons. The molecule has 24 heavy (non-hydrogen) atoms. The second-order valence-corrected chi connectivity index (χ2v) is 5.65. The molecule has 1 nitrogen and oxygen atoms in total. The van der Waals surface area contributed by atoms with E-state index in [1.165, 1.54) is 5.56 Å². The van der Waals surface area contributed by atoms with Crippen molar-refractivity contribution >= 4 is 11.8 Å². The van der Waals surface area contributed by atoms with E-state index in [4.69, 9.17) is 0 Å². The Hall–Kier alpha value is -3.15. The smallest absolute Gasteiger partial charge is 0.0780 e. The van der Waals surface area contributed by atoms with Crippen LogP contribution in [0, 0.1) is 6.92 Å². The minimum atomic E-state index is 0.972. The number of nitrogens with zero attached hydrogens (tertiary/aromatic N) is 1. The zero-order valence-electron chi connectivity index (χ0n) is 13.8. The standard InChI is InChI=1S/C23H19N/c1-4-8-19-16-20(13-12-18(19)5-2)22-11-7-14-24-23(22)21-10-6-9-17(3)15-21/h4,6-16H,1-2H2,3H3. The predicted molar refractivity (Wildman–Crippen MR) is 103 cm³/mol. The van der Waals surface area contributed by atoms with Crippen LogP contribution in [-0.2, 0) is 0 Å². The van der Waals surface area contributed by atoms with Gasteiger partial charge in [-0.1, -0.05) is 61.2 Å². The van der Waals surface area contributed by atoms with E-state index in [1.807, 2.05) is 24.4 Å². The quantitative estimate of drug-likeness (QED) is 0.704. The Morgan fingerprint density at radius 2 is 1.88 bits per heavy atom. The summed E-state index contributed by atoms with van der Waals surface area (Å²) in [6, 6.07) is 18.7. The first-order chi connectivity index (χ1) is 11.7. The summed E-state index contributed by atoms with van der Waals surface area (Å²) in [7, 11) is 0. The summed E-state index contributed by atoms with van der Waals surface area (Å²) in [5, 5.41) is 2.02. The van der Waals surface area contributed by atoms with Crippen molar-refractivity contribution < 1.29 is 0 Å². The SMILES string of the molecule is C=C=c1ccc(-c2cccnc2-c2cccc(C)c2)cc1=CC=C. The Labute approximate surface area is 142 Å². The van der Waals surface area contributed by atoms with Crippen LogP contribution in [0.15, 0.2) is 80.0 Å². The van der Waals surface area contributed by atoms with Gasteiger partial charge in [-0.25, -0.2) is 0 Å². The Morgan fingerprint density at radius 1 is 1.00 bits per heavy atom. The summed E-state index contributed by atoms with van der Waals surface area (Å²) < 4.78 is 0. The van der Waals surface area contributed by atoms with Crippen LogP contribution in [0.3, 0.4) is 0 Å². The molecule has 0 amide bonds. The predicted octanol–water partition coefficient (Wildman–Crippen LogP) is 4.26. The van der Waals surface area contributed by atoms with E-state index in [1.54, 1.807) is 6.08 Å². The van der Waals surface area contributed by atoms with Crippen LogP contribution >= 0.6 is 0 Å². The van der Waals surface area contributed by atoms with Gasteiger partial charge in [-0.3, -0.25) is 4.98 Å². The summed E-state index contributed by atoms with van der Waals surface area (Å²) in [4.78, 5) is 4.63. The average molecular weight is 309 g/mol. The number of aryl methyl sites for hydroxylation is 1. The molecule has 1 heterocycles. The molecule has 2 aromatic carbocycles. The van der Waals surface area contributed by atoms with Crippen LogP contribution in [0.25, 0.3) is 34.2 Å². The van der Waals surface area contributed by atoms with Crippen LogP contribution in [0.5, 0.6) is 0 Å². The third-order valence-electron chi connectivity index (χ3n) is 3.95. The largest absolute Gasteiger partial charge is 0.256 e. The molecule has 0 N–H and O–H groups in total. The van der Waals surface area contributed by atoms with Crippen molar-refractivity contribution in [2.24, 2.45) is 0 Å². The van der Waals surface area contributed by atoms with Gasteiger partial charge in [0, 0.05) is 22.5 Å². The Bertz CT molecular complexity index is 1040. The van der Waals surface area contributed by atoms with Crippen molar-refractivity contribution in [3.63, 3.8) is 0 Å². The monoisotopic (exact) mass is 309 g/mol. The van der Waals surface area contributed by atoms with E-state index in [0.717, 1.165) is 32.8 Å². The fourth-order valence-electron chi connectivity index (χ4n) is 2.82. The van der Waals surface area contributed by atoms with Crippen molar-refractivity contribution in [1.82, 2.24) is 4.98 Å². The third kappa shape index (κ3) is 3.12. The Kier molecular flexibility index (Phi) is 4.56. The molecule has 0 saturated heterocycles. The maximum absolute atomic E-state index is 4.63. The first-order valence-electron chi connectivity index (χ1n) is 7.88. The van der Waals surface area contributed by atoms with E-state index < -0.39 is 0 Å². The molecule has 0 aliphatic heterocycles. The van der Waals surface area contributed by atoms with Crippen LogP contribution < -0.4 is 10.4 Å². The molecule has 1 heteroatoms. The van der Waals surface area contributed by atoms with Gasteiger partial charge in [0.1, 0.15) is 0 Å². The third-order valence-corrected chi connectivity index (χ3v) is 3.95. The molecule has 0 spiro atoms. The highest BCUT2D eigenvalue weighted by molar-refractivity contribution is 5.80. The highest BCUT2D eigenvalue weighted by Gasteiger charge is 2.08. The Morgan fingerprint density at radius 3 is 2.62 bits per heavy atom. The zero-order chi connectivity index (χ0) is 16.9. The van der Waals surface area contributed by atoms with Gasteiger partial charge >= 0.3 is 0 Å². The fourth-order valence-corrected chi connectivity index (χ4v) is 2.82. The van der Waals surface area contributed by atoms with Crippen LogP contribution in [0.2, 0.25) is 0 Å². The van der Waals surface area contributed by atoms with Gasteiger partial charge in [0.05, 0.1) is 5.69 Å². The van der Waals surface area contributed by atoms with Gasteiger partial charge < -0.3 is 0 Å². The minimum Gasteiger partial charge on any atom is -0.256 e. The molecule has 1 aromatic heterocycles. The summed E-state index contributed by atoms with van der Waals surface area (Å²) in [5.74, 6) is 0. The molecule has 0 unspecified atom stereocenters. The highest BCUT2D eigenvalue weighted by atomic mass is 14.7. The normalized spacial score (nSPS) is 11.1. The summed E-state index contributed by atoms with van der Waals surface area (Å²) in [6.07, 6.45) is 5.59. The van der Waals surface area contributed by atoms with Crippen molar-refractivity contribution in [3.8, 4) is 22.4 Å². The fraction of sp³-hybridized carbons (Fsp3) is 0.0435. The van der Waals surface area contributed by atoms with Crippen LogP contribution in [0.4, 0.5) is 0 Å². The number of allylic oxidation sites excluding steroid dienone is 1. The second-order valence-electron chi connectivity index (χ2n) is 5.65. The molecule has 3 aromatic rings. The number of hydrogen-bond acceptors (Lipinski definition) is 1. The summed E-state index contributed by atoms with van der Waals surface area (Å²) in [5.41, 5.74) is 8.53. The van der Waals surface area contributed by atoms with Crippen molar-refractivity contribution in [3.05, 3.63) is 96.0 Å². The maximum atomic E-state index is 4.63. The molecule has 0 fully saturated rings. The first kappa shape index (κ1) is 15.7. The highest BCUT2D eigenvalue weighted by Crippen LogP contribution is 2.29. The van der Waals surface area contributed by atoms with Gasteiger partial charge in [0.15, 0.2) is 0 Å². The molecular formula is C23H19N. The topological polar surface area (TPSA) is 12.9 Å². The molecular weight excluding hydrogens is 290 g/mol. The number of pyridine rings is 1. The van der Waals surface area contributed by atoms with E-state index in [-0.39, 0.29) is 0 Å². The number of benzene rings is 2. The number of hydrogen-bond donors (Lipinski definition) is 0. The molecule has 0 aliphatic carbocycles. The lowest BCUT2D eigenvalue weighted by Gasteiger charge is -2.10. The number of rotatable bonds is 3. The van der Waals surface area contributed by atoms with Gasteiger partial charge in [-0.15, -0.1) is 5.73 Å².